The molecule has 0 spiro atoms. The first-order chi connectivity index (χ1) is 12.7. The van der Waals surface area contributed by atoms with Gasteiger partial charge < -0.3 is 14.2 Å². The molecule has 0 fully saturated rings. The monoisotopic (exact) mass is 375 g/mol. The lowest BCUT2D eigenvalue weighted by atomic mass is 10.1. The van der Waals surface area contributed by atoms with E-state index in [4.69, 9.17) is 14.2 Å². The van der Waals surface area contributed by atoms with Gasteiger partial charge in [-0.3, -0.25) is 9.69 Å². The Morgan fingerprint density at radius 2 is 1.81 bits per heavy atom. The minimum atomic E-state index is -0.841. The van der Waals surface area contributed by atoms with E-state index in [2.05, 4.69) is 0 Å². The maximum atomic E-state index is 12.6. The number of allylic oxidation sites excluding steroid dienone is 1. The number of amides is 1. The summed E-state index contributed by atoms with van der Waals surface area (Å²) in [4.78, 5) is 37.5. The molecule has 0 N–H and O–H groups in total. The summed E-state index contributed by atoms with van der Waals surface area (Å²) in [5.74, 6) is -0.717. The highest BCUT2D eigenvalue weighted by atomic mass is 16.6. The molecule has 1 amide bonds. The summed E-state index contributed by atoms with van der Waals surface area (Å²) in [7, 11) is 0. The Morgan fingerprint density at radius 1 is 1.15 bits per heavy atom. The molecule has 1 aliphatic rings. The van der Waals surface area contributed by atoms with E-state index < -0.39 is 29.7 Å². The molecular weight excluding hydrogens is 350 g/mol. The van der Waals surface area contributed by atoms with Crippen molar-refractivity contribution in [3.63, 3.8) is 0 Å². The lowest BCUT2D eigenvalue weighted by Gasteiger charge is -2.32. The first kappa shape index (κ1) is 20.5. The van der Waals surface area contributed by atoms with Crippen LogP contribution in [0, 0.1) is 0 Å². The molecule has 146 valence electrons. The largest absolute Gasteiger partial charge is 0.458 e. The zero-order chi connectivity index (χ0) is 20.0. The summed E-state index contributed by atoms with van der Waals surface area (Å²) in [5.41, 5.74) is 0.136. The molecule has 0 bridgehead atoms. The molecule has 0 saturated heterocycles. The van der Waals surface area contributed by atoms with Gasteiger partial charge in [0.2, 0.25) is 0 Å². The van der Waals surface area contributed by atoms with Crippen molar-refractivity contribution in [2.75, 3.05) is 0 Å². The Hall–Kier alpha value is -2.83. The lowest BCUT2D eigenvalue weighted by molar-refractivity contribution is -0.160. The van der Waals surface area contributed by atoms with Crippen molar-refractivity contribution in [2.45, 2.75) is 58.8 Å². The second-order valence-corrected chi connectivity index (χ2v) is 7.22. The summed E-state index contributed by atoms with van der Waals surface area (Å²) >= 11 is 0. The zero-order valence-electron chi connectivity index (χ0n) is 16.1. The minimum Gasteiger partial charge on any atom is -0.458 e. The molecule has 2 rings (SSSR count). The normalized spacial score (nSPS) is 17.0. The predicted molar refractivity (Wildman–Crippen MR) is 97.2 cm³/mol. The van der Waals surface area contributed by atoms with E-state index in [1.54, 1.807) is 20.8 Å². The summed E-state index contributed by atoms with van der Waals surface area (Å²) in [6.45, 7) is 6.61. The number of carbonyl (C=O) groups is 3. The summed E-state index contributed by atoms with van der Waals surface area (Å²) in [6, 6.07) is 8.36. The van der Waals surface area contributed by atoms with Crippen LogP contribution in [-0.4, -0.2) is 34.6 Å². The standard InChI is InChI=1S/C20H25NO6/c1-14(22)26-16-10-11-17(18(23)27-20(2,3)4)21(12-16)19(24)25-13-15-8-6-5-7-9-15/h5-9,12,17H,10-11,13H2,1-4H3/t17-/m0/s1. The molecule has 27 heavy (non-hydrogen) atoms. The van der Waals surface area contributed by atoms with Gasteiger partial charge in [0, 0.05) is 19.5 Å². The summed E-state index contributed by atoms with van der Waals surface area (Å²) in [6.07, 6.45) is 1.24. The van der Waals surface area contributed by atoms with Crippen molar-refractivity contribution >= 4 is 18.0 Å². The van der Waals surface area contributed by atoms with Gasteiger partial charge in [-0.1, -0.05) is 30.3 Å². The molecule has 1 aliphatic heterocycles. The van der Waals surface area contributed by atoms with Crippen molar-refractivity contribution in [1.82, 2.24) is 4.90 Å². The predicted octanol–water partition coefficient (Wildman–Crippen LogP) is 3.53. The van der Waals surface area contributed by atoms with Crippen LogP contribution in [0.15, 0.2) is 42.3 Å². The van der Waals surface area contributed by atoms with Gasteiger partial charge in [-0.25, -0.2) is 9.59 Å². The average Bonchev–Trinajstić information content (AvgIpc) is 2.58. The maximum absolute atomic E-state index is 12.6. The van der Waals surface area contributed by atoms with E-state index in [-0.39, 0.29) is 13.0 Å². The molecule has 7 heteroatoms. The van der Waals surface area contributed by atoms with Crippen molar-refractivity contribution < 1.29 is 28.6 Å². The number of hydrogen-bond acceptors (Lipinski definition) is 6. The van der Waals surface area contributed by atoms with Crippen LogP contribution < -0.4 is 0 Å². The zero-order valence-corrected chi connectivity index (χ0v) is 16.1. The third-order valence-corrected chi connectivity index (χ3v) is 3.65. The van der Waals surface area contributed by atoms with Gasteiger partial charge in [-0.15, -0.1) is 0 Å². The number of esters is 2. The topological polar surface area (TPSA) is 82.1 Å². The Bertz CT molecular complexity index is 720. The van der Waals surface area contributed by atoms with Crippen LogP contribution in [0.25, 0.3) is 0 Å². The van der Waals surface area contributed by atoms with E-state index in [0.29, 0.717) is 12.2 Å². The third-order valence-electron chi connectivity index (χ3n) is 3.65. The highest BCUT2D eigenvalue weighted by Gasteiger charge is 2.36. The lowest BCUT2D eigenvalue weighted by Crippen LogP contribution is -2.46. The molecule has 0 unspecified atom stereocenters. The van der Waals surface area contributed by atoms with E-state index in [0.717, 1.165) is 10.5 Å². The van der Waals surface area contributed by atoms with E-state index >= 15 is 0 Å². The third kappa shape index (κ3) is 6.44. The molecule has 0 saturated carbocycles. The molecule has 0 aliphatic carbocycles. The van der Waals surface area contributed by atoms with Crippen molar-refractivity contribution in [2.24, 2.45) is 0 Å². The Balaban J connectivity index is 2.15. The number of benzene rings is 1. The van der Waals surface area contributed by atoms with E-state index in [9.17, 15) is 14.4 Å². The molecule has 7 nitrogen and oxygen atoms in total. The Labute approximate surface area is 158 Å². The van der Waals surface area contributed by atoms with E-state index in [1.807, 2.05) is 30.3 Å². The quantitative estimate of drug-likeness (QED) is 0.591. The molecule has 1 aromatic rings. The minimum absolute atomic E-state index is 0.0634. The Kier molecular flexibility index (Phi) is 6.60. The van der Waals surface area contributed by atoms with Gasteiger partial charge in [-0.2, -0.15) is 0 Å². The SMILES string of the molecule is CC(=O)OC1=CN(C(=O)OCc2ccccc2)[C@H](C(=O)OC(C)(C)C)CC1. The second-order valence-electron chi connectivity index (χ2n) is 7.22. The Morgan fingerprint density at radius 3 is 2.41 bits per heavy atom. The molecular formula is C20H25NO6. The van der Waals surface area contributed by atoms with Gasteiger partial charge in [0.05, 0.1) is 0 Å². The van der Waals surface area contributed by atoms with Crippen LogP contribution in [0.2, 0.25) is 0 Å². The molecule has 1 aromatic carbocycles. The van der Waals surface area contributed by atoms with Crippen molar-refractivity contribution in [3.8, 4) is 0 Å². The summed E-state index contributed by atoms with van der Waals surface area (Å²) < 4.78 is 15.8. The van der Waals surface area contributed by atoms with Crippen LogP contribution in [0.3, 0.4) is 0 Å². The molecule has 1 heterocycles. The first-order valence-corrected chi connectivity index (χ1v) is 8.77. The van der Waals surface area contributed by atoms with Gasteiger partial charge in [0.25, 0.3) is 0 Å². The van der Waals surface area contributed by atoms with Gasteiger partial charge >= 0.3 is 18.0 Å². The van der Waals surface area contributed by atoms with Crippen molar-refractivity contribution in [3.05, 3.63) is 47.9 Å². The summed E-state index contributed by atoms with van der Waals surface area (Å²) in [5, 5.41) is 0. The highest BCUT2D eigenvalue weighted by molar-refractivity contribution is 5.83. The number of ether oxygens (including phenoxy) is 3. The van der Waals surface area contributed by atoms with Gasteiger partial charge in [-0.05, 0) is 32.8 Å². The fourth-order valence-electron chi connectivity index (χ4n) is 2.56. The molecule has 0 aromatic heterocycles. The second kappa shape index (κ2) is 8.70. The number of rotatable bonds is 4. The van der Waals surface area contributed by atoms with Crippen LogP contribution in [-0.2, 0) is 30.4 Å². The number of nitrogens with zero attached hydrogens (tertiary/aromatic N) is 1. The van der Waals surface area contributed by atoms with Crippen LogP contribution in [0.5, 0.6) is 0 Å². The molecule has 1 atom stereocenters. The fourth-order valence-corrected chi connectivity index (χ4v) is 2.56. The van der Waals surface area contributed by atoms with Crippen LogP contribution in [0.4, 0.5) is 4.79 Å². The van der Waals surface area contributed by atoms with Gasteiger partial charge in [0.1, 0.15) is 24.0 Å². The van der Waals surface area contributed by atoms with Crippen LogP contribution in [0.1, 0.15) is 46.1 Å². The maximum Gasteiger partial charge on any atom is 0.415 e. The average molecular weight is 375 g/mol. The van der Waals surface area contributed by atoms with Crippen LogP contribution >= 0.6 is 0 Å². The number of carbonyl (C=O) groups excluding carboxylic acids is 3. The number of hydrogen-bond donors (Lipinski definition) is 0. The molecule has 0 radical (unpaired) electrons. The highest BCUT2D eigenvalue weighted by Crippen LogP contribution is 2.25. The fraction of sp³-hybridized carbons (Fsp3) is 0.450. The van der Waals surface area contributed by atoms with E-state index in [1.165, 1.54) is 13.1 Å². The van der Waals surface area contributed by atoms with Gasteiger partial charge in [0.15, 0.2) is 0 Å². The smallest absolute Gasteiger partial charge is 0.415 e. The first-order valence-electron chi connectivity index (χ1n) is 8.77. The van der Waals surface area contributed by atoms with Crippen molar-refractivity contribution in [1.29, 1.82) is 0 Å².